The molecule has 0 aliphatic rings. The molecule has 2 N–H and O–H groups in total. The Labute approximate surface area is 150 Å². The number of H-pyrrole nitrogens is 2. The van der Waals surface area contributed by atoms with Crippen LogP contribution in [0.25, 0.3) is 21.9 Å². The van der Waals surface area contributed by atoms with Gasteiger partial charge in [-0.15, -0.1) is 4.68 Å². The van der Waals surface area contributed by atoms with Gasteiger partial charge in [0.25, 0.3) is 5.69 Å². The number of nitrogens with zero attached hydrogens (tertiary/aromatic N) is 3. The number of rotatable bonds is 3. The van der Waals surface area contributed by atoms with E-state index in [9.17, 15) is 19.7 Å². The molecule has 2 heterocycles. The summed E-state index contributed by atoms with van der Waals surface area (Å²) < 4.78 is 0.714. The van der Waals surface area contributed by atoms with Crippen molar-refractivity contribution in [1.29, 1.82) is 0 Å². The molecule has 0 aliphatic carbocycles. The molecule has 0 saturated heterocycles. The molecule has 0 spiro atoms. The molecule has 2 aromatic heterocycles. The Balaban J connectivity index is 1.82. The van der Waals surface area contributed by atoms with Gasteiger partial charge in [-0.2, -0.15) is 5.10 Å². The van der Waals surface area contributed by atoms with E-state index in [0.29, 0.717) is 15.8 Å². The molecule has 4 aromatic rings. The van der Waals surface area contributed by atoms with Crippen LogP contribution in [0.4, 0.5) is 5.69 Å². The maximum atomic E-state index is 12.7. The van der Waals surface area contributed by atoms with E-state index in [0.717, 1.165) is 16.5 Å². The lowest BCUT2D eigenvalue weighted by atomic mass is 10.2. The van der Waals surface area contributed by atoms with Crippen molar-refractivity contribution in [2.24, 2.45) is 5.10 Å². The molecular formula is C18H13N5O4. The number of hydrogen-bond acceptors (Lipinski definition) is 5. The summed E-state index contributed by atoms with van der Waals surface area (Å²) in [5.74, 6) is 0. The van der Waals surface area contributed by atoms with Gasteiger partial charge in [-0.05, 0) is 36.8 Å². The summed E-state index contributed by atoms with van der Waals surface area (Å²) in [5.41, 5.74) is 1.62. The van der Waals surface area contributed by atoms with Crippen molar-refractivity contribution in [2.75, 3.05) is 0 Å². The fourth-order valence-corrected chi connectivity index (χ4v) is 2.87. The topological polar surface area (TPSA) is 126 Å². The highest BCUT2D eigenvalue weighted by atomic mass is 16.6. The van der Waals surface area contributed by atoms with Crippen LogP contribution < -0.4 is 11.2 Å². The van der Waals surface area contributed by atoms with Crippen LogP contribution in [-0.2, 0) is 0 Å². The third kappa shape index (κ3) is 2.80. The first-order valence-corrected chi connectivity index (χ1v) is 8.00. The summed E-state index contributed by atoms with van der Waals surface area (Å²) in [6.07, 6.45) is 1.29. The molecule has 0 fully saturated rings. The average molecular weight is 363 g/mol. The van der Waals surface area contributed by atoms with E-state index < -0.39 is 16.2 Å². The molecule has 0 bridgehead atoms. The first kappa shape index (κ1) is 16.5. The van der Waals surface area contributed by atoms with Gasteiger partial charge < -0.3 is 9.97 Å². The SMILES string of the molecule is Cc1ccc2[nH]c3c(=O)n(N=Cc4ccc([N+](=O)[O-])cc4)c(=O)[nH]c3c2c1. The predicted octanol–water partition coefficient (Wildman–Crippen LogP) is 2.27. The van der Waals surface area contributed by atoms with E-state index in [4.69, 9.17) is 0 Å². The molecule has 134 valence electrons. The van der Waals surface area contributed by atoms with Gasteiger partial charge in [0.05, 0.1) is 16.7 Å². The van der Waals surface area contributed by atoms with Gasteiger partial charge in [-0.3, -0.25) is 14.9 Å². The molecule has 9 nitrogen and oxygen atoms in total. The quantitative estimate of drug-likeness (QED) is 0.329. The number of aromatic nitrogens is 3. The van der Waals surface area contributed by atoms with Crippen molar-refractivity contribution >= 4 is 33.8 Å². The highest BCUT2D eigenvalue weighted by molar-refractivity contribution is 6.04. The van der Waals surface area contributed by atoms with Crippen molar-refractivity contribution < 1.29 is 4.92 Å². The van der Waals surface area contributed by atoms with Gasteiger partial charge in [0, 0.05) is 23.0 Å². The minimum atomic E-state index is -0.673. The molecule has 9 heteroatoms. The zero-order valence-electron chi connectivity index (χ0n) is 14.1. The minimum Gasteiger partial charge on any atom is -0.349 e. The summed E-state index contributed by atoms with van der Waals surface area (Å²) in [6.45, 7) is 1.92. The second-order valence-electron chi connectivity index (χ2n) is 6.06. The monoisotopic (exact) mass is 363 g/mol. The number of fused-ring (bicyclic) bond motifs is 3. The first-order valence-electron chi connectivity index (χ1n) is 8.00. The van der Waals surface area contributed by atoms with Gasteiger partial charge in [0.15, 0.2) is 0 Å². The number of nitro groups is 1. The van der Waals surface area contributed by atoms with Gasteiger partial charge in [-0.1, -0.05) is 11.6 Å². The standard InChI is InChI=1S/C18H13N5O4/c1-10-2-7-14-13(8-10)15-16(20-14)17(24)22(18(25)21-15)19-9-11-3-5-12(6-4-11)23(26)27/h2-9,20H,1H3,(H,21,25). The molecule has 0 amide bonds. The third-order valence-corrected chi connectivity index (χ3v) is 4.21. The normalized spacial score (nSPS) is 11.6. The van der Waals surface area contributed by atoms with Gasteiger partial charge in [-0.25, -0.2) is 4.79 Å². The Hall–Kier alpha value is -4.01. The van der Waals surface area contributed by atoms with E-state index >= 15 is 0 Å². The van der Waals surface area contributed by atoms with Crippen LogP contribution in [0.5, 0.6) is 0 Å². The van der Waals surface area contributed by atoms with Crippen LogP contribution >= 0.6 is 0 Å². The number of benzene rings is 2. The minimum absolute atomic E-state index is 0.0584. The van der Waals surface area contributed by atoms with Crippen LogP contribution in [0.1, 0.15) is 11.1 Å². The summed E-state index contributed by atoms with van der Waals surface area (Å²) in [5, 5.41) is 15.4. The summed E-state index contributed by atoms with van der Waals surface area (Å²) in [7, 11) is 0. The summed E-state index contributed by atoms with van der Waals surface area (Å²) in [4.78, 5) is 40.9. The molecule has 0 saturated carbocycles. The summed E-state index contributed by atoms with van der Waals surface area (Å²) in [6, 6.07) is 11.2. The molecular weight excluding hydrogens is 350 g/mol. The molecule has 2 aromatic carbocycles. The number of hydrogen-bond donors (Lipinski definition) is 2. The number of nitrogens with one attached hydrogen (secondary N) is 2. The Kier molecular flexibility index (Phi) is 3.69. The largest absolute Gasteiger partial charge is 0.350 e. The maximum absolute atomic E-state index is 12.7. The Morgan fingerprint density at radius 1 is 1.07 bits per heavy atom. The van der Waals surface area contributed by atoms with Gasteiger partial charge in [0.1, 0.15) is 5.52 Å². The van der Waals surface area contributed by atoms with Crippen molar-refractivity contribution in [3.63, 3.8) is 0 Å². The number of aromatic amines is 2. The smallest absolute Gasteiger partial charge is 0.349 e. The second-order valence-corrected chi connectivity index (χ2v) is 6.06. The predicted molar refractivity (Wildman–Crippen MR) is 102 cm³/mol. The second kappa shape index (κ2) is 6.06. The Bertz CT molecular complexity index is 1340. The van der Waals surface area contributed by atoms with Crippen LogP contribution in [0, 0.1) is 17.0 Å². The molecule has 4 rings (SSSR count). The van der Waals surface area contributed by atoms with Crippen LogP contribution in [0.2, 0.25) is 0 Å². The molecule has 0 atom stereocenters. The highest BCUT2D eigenvalue weighted by Crippen LogP contribution is 2.21. The Morgan fingerprint density at radius 2 is 1.81 bits per heavy atom. The molecule has 27 heavy (non-hydrogen) atoms. The van der Waals surface area contributed by atoms with Crippen molar-refractivity contribution in [3.05, 3.63) is 84.5 Å². The number of aryl methyl sites for hydroxylation is 1. The number of nitro benzene ring substituents is 1. The van der Waals surface area contributed by atoms with E-state index in [1.807, 2.05) is 25.1 Å². The lowest BCUT2D eigenvalue weighted by Crippen LogP contribution is -2.32. The maximum Gasteiger partial charge on any atom is 0.350 e. The van der Waals surface area contributed by atoms with Crippen molar-refractivity contribution in [2.45, 2.75) is 6.92 Å². The van der Waals surface area contributed by atoms with Crippen LogP contribution in [0.3, 0.4) is 0 Å². The van der Waals surface area contributed by atoms with E-state index in [1.54, 1.807) is 0 Å². The average Bonchev–Trinajstić information content (AvgIpc) is 3.00. The zero-order chi connectivity index (χ0) is 19.1. The molecule has 0 unspecified atom stereocenters. The zero-order valence-corrected chi connectivity index (χ0v) is 14.1. The Morgan fingerprint density at radius 3 is 2.52 bits per heavy atom. The highest BCUT2D eigenvalue weighted by Gasteiger charge is 2.12. The van der Waals surface area contributed by atoms with Crippen LogP contribution in [0.15, 0.2) is 57.2 Å². The van der Waals surface area contributed by atoms with Crippen molar-refractivity contribution in [1.82, 2.24) is 14.6 Å². The van der Waals surface area contributed by atoms with E-state index in [2.05, 4.69) is 15.1 Å². The van der Waals surface area contributed by atoms with E-state index in [-0.39, 0.29) is 11.2 Å². The fraction of sp³-hybridized carbons (Fsp3) is 0.0556. The third-order valence-electron chi connectivity index (χ3n) is 4.21. The van der Waals surface area contributed by atoms with Gasteiger partial charge >= 0.3 is 11.2 Å². The first-order chi connectivity index (χ1) is 12.9. The fourth-order valence-electron chi connectivity index (χ4n) is 2.87. The van der Waals surface area contributed by atoms with Crippen LogP contribution in [-0.4, -0.2) is 25.8 Å². The summed E-state index contributed by atoms with van der Waals surface area (Å²) >= 11 is 0. The lowest BCUT2D eigenvalue weighted by molar-refractivity contribution is -0.384. The molecule has 0 radical (unpaired) electrons. The number of non-ortho nitro benzene ring substituents is 1. The van der Waals surface area contributed by atoms with Gasteiger partial charge in [0.2, 0.25) is 0 Å². The molecule has 0 aliphatic heterocycles. The van der Waals surface area contributed by atoms with Crippen molar-refractivity contribution in [3.8, 4) is 0 Å². The lowest BCUT2D eigenvalue weighted by Gasteiger charge is -1.98. The van der Waals surface area contributed by atoms with E-state index in [1.165, 1.54) is 30.5 Å².